The molecule has 1 rings (SSSR count). The van der Waals surface area contributed by atoms with Crippen LogP contribution in [0.15, 0.2) is 17.5 Å². The minimum Gasteiger partial charge on any atom is -0.480 e. The van der Waals surface area contributed by atoms with Gasteiger partial charge in [-0.05, 0) is 38.6 Å². The third-order valence-corrected chi connectivity index (χ3v) is 5.29. The normalized spacial score (nSPS) is 14.0. The molecule has 0 aliphatic rings. The van der Waals surface area contributed by atoms with Gasteiger partial charge in [-0.3, -0.25) is 19.4 Å². The van der Waals surface area contributed by atoms with Crippen LogP contribution in [0, 0.1) is 0 Å². The molecule has 0 radical (unpaired) electrons. The minimum atomic E-state index is -1.41. The van der Waals surface area contributed by atoms with E-state index in [1.54, 1.807) is 0 Å². The van der Waals surface area contributed by atoms with Crippen molar-refractivity contribution < 1.29 is 29.4 Å². The van der Waals surface area contributed by atoms with Gasteiger partial charge in [0.25, 0.3) is 0 Å². The van der Waals surface area contributed by atoms with Crippen LogP contribution in [0.2, 0.25) is 0 Å². The van der Waals surface area contributed by atoms with Gasteiger partial charge in [0.1, 0.15) is 18.1 Å². The molecule has 0 saturated carbocycles. The first-order chi connectivity index (χ1) is 17.6. The molecule has 0 bridgehead atoms. The molecule has 0 spiro atoms. The minimum absolute atomic E-state index is 0.0505. The van der Waals surface area contributed by atoms with Crippen molar-refractivity contribution in [2.45, 2.75) is 62.7 Å². The number of carboxylic acids is 1. The number of aliphatic hydroxyl groups excluding tert-OH is 1. The number of nitrogens with zero attached hydrogens (tertiary/aromatic N) is 2. The zero-order valence-electron chi connectivity index (χ0n) is 20.6. The van der Waals surface area contributed by atoms with Crippen LogP contribution in [0.5, 0.6) is 0 Å². The summed E-state index contributed by atoms with van der Waals surface area (Å²) in [6, 6.07) is -4.83. The molecular formula is C21H38N10O6. The first-order valence-corrected chi connectivity index (χ1v) is 11.8. The van der Waals surface area contributed by atoms with E-state index in [0.717, 1.165) is 0 Å². The third-order valence-electron chi connectivity index (χ3n) is 5.29. The average Bonchev–Trinajstić information content (AvgIpc) is 3.36. The average molecular weight is 527 g/mol. The molecule has 4 unspecified atom stereocenters. The fourth-order valence-electron chi connectivity index (χ4n) is 3.27. The van der Waals surface area contributed by atoms with Crippen LogP contribution in [0.4, 0.5) is 0 Å². The van der Waals surface area contributed by atoms with Gasteiger partial charge in [-0.25, -0.2) is 9.78 Å². The molecule has 1 aromatic rings. The number of guanidine groups is 1. The van der Waals surface area contributed by atoms with E-state index in [0.29, 0.717) is 25.1 Å². The van der Waals surface area contributed by atoms with Crippen molar-refractivity contribution in [3.63, 3.8) is 0 Å². The van der Waals surface area contributed by atoms with Gasteiger partial charge in [0.2, 0.25) is 17.7 Å². The number of aliphatic imine (C=N–C) groups is 1. The lowest BCUT2D eigenvalue weighted by molar-refractivity contribution is -0.142. The highest BCUT2D eigenvalue weighted by molar-refractivity contribution is 5.94. The van der Waals surface area contributed by atoms with E-state index < -0.39 is 54.5 Å². The Bertz CT molecular complexity index is 890. The van der Waals surface area contributed by atoms with Gasteiger partial charge in [0.15, 0.2) is 5.96 Å². The van der Waals surface area contributed by atoms with Crippen molar-refractivity contribution in [1.29, 1.82) is 0 Å². The van der Waals surface area contributed by atoms with Crippen molar-refractivity contribution in [1.82, 2.24) is 25.9 Å². The maximum Gasteiger partial charge on any atom is 0.326 e. The topological polar surface area (TPSA) is 290 Å². The Morgan fingerprint density at radius 3 is 2.16 bits per heavy atom. The van der Waals surface area contributed by atoms with Gasteiger partial charge < -0.3 is 54.1 Å². The summed E-state index contributed by atoms with van der Waals surface area (Å²) in [4.78, 5) is 60.2. The Kier molecular flexibility index (Phi) is 14.2. The first kappa shape index (κ1) is 31.3. The summed E-state index contributed by atoms with van der Waals surface area (Å²) in [6.45, 7) is -0.236. The molecule has 16 heteroatoms. The molecule has 3 amide bonds. The number of aliphatic hydroxyl groups is 1. The second-order valence-electron chi connectivity index (χ2n) is 8.33. The largest absolute Gasteiger partial charge is 0.480 e. The predicted molar refractivity (Wildman–Crippen MR) is 134 cm³/mol. The Morgan fingerprint density at radius 2 is 1.59 bits per heavy atom. The molecule has 0 aliphatic carbocycles. The van der Waals surface area contributed by atoms with Crippen LogP contribution in [0.3, 0.4) is 0 Å². The summed E-state index contributed by atoms with van der Waals surface area (Å²) in [5, 5.41) is 26.3. The van der Waals surface area contributed by atoms with Gasteiger partial charge in [-0.2, -0.15) is 0 Å². The summed E-state index contributed by atoms with van der Waals surface area (Å²) in [5.74, 6) is -3.70. The number of carbonyl (C=O) groups is 4. The van der Waals surface area contributed by atoms with Crippen molar-refractivity contribution in [3.05, 3.63) is 18.2 Å². The first-order valence-electron chi connectivity index (χ1n) is 11.8. The SMILES string of the molecule is NCCCCC(NC(=O)C(CCCN=C(N)N)NC(=O)C(CO)NC(=O)C(N)Cc1cnc[nH]1)C(=O)O. The summed E-state index contributed by atoms with van der Waals surface area (Å²) in [7, 11) is 0. The molecule has 1 aromatic heterocycles. The fourth-order valence-corrected chi connectivity index (χ4v) is 3.27. The molecule has 14 N–H and O–H groups in total. The maximum atomic E-state index is 12.9. The smallest absolute Gasteiger partial charge is 0.326 e. The van der Waals surface area contributed by atoms with Crippen LogP contribution in [-0.2, 0) is 25.6 Å². The number of hydrogen-bond donors (Lipinski definition) is 10. The Balaban J connectivity index is 2.86. The number of nitrogens with two attached hydrogens (primary N) is 4. The fraction of sp³-hybridized carbons (Fsp3) is 0.619. The zero-order valence-corrected chi connectivity index (χ0v) is 20.6. The number of H-pyrrole nitrogens is 1. The third kappa shape index (κ3) is 12.2. The summed E-state index contributed by atoms with van der Waals surface area (Å²) in [6.07, 6.45) is 4.57. The number of aromatic amines is 1. The second-order valence-corrected chi connectivity index (χ2v) is 8.33. The molecule has 0 aromatic carbocycles. The highest BCUT2D eigenvalue weighted by atomic mass is 16.4. The number of aromatic nitrogens is 2. The van der Waals surface area contributed by atoms with E-state index in [1.165, 1.54) is 12.5 Å². The van der Waals surface area contributed by atoms with Gasteiger partial charge in [-0.15, -0.1) is 0 Å². The molecular weight excluding hydrogens is 488 g/mol. The summed E-state index contributed by atoms with van der Waals surface area (Å²) in [5.41, 5.74) is 22.5. The van der Waals surface area contributed by atoms with Crippen LogP contribution < -0.4 is 38.9 Å². The number of carbonyl (C=O) groups excluding carboxylic acids is 3. The van der Waals surface area contributed by atoms with Gasteiger partial charge in [-0.1, -0.05) is 0 Å². The molecule has 0 fully saturated rings. The van der Waals surface area contributed by atoms with Crippen LogP contribution in [0.1, 0.15) is 37.8 Å². The van der Waals surface area contributed by atoms with E-state index in [2.05, 4.69) is 30.9 Å². The van der Waals surface area contributed by atoms with Crippen LogP contribution in [0.25, 0.3) is 0 Å². The van der Waals surface area contributed by atoms with Gasteiger partial charge in [0.05, 0.1) is 19.0 Å². The van der Waals surface area contributed by atoms with Crippen molar-refractivity contribution in [2.24, 2.45) is 27.9 Å². The number of amides is 3. The van der Waals surface area contributed by atoms with Crippen molar-refractivity contribution in [2.75, 3.05) is 19.7 Å². The van der Waals surface area contributed by atoms with E-state index in [9.17, 15) is 29.4 Å². The van der Waals surface area contributed by atoms with E-state index in [4.69, 9.17) is 22.9 Å². The molecule has 1 heterocycles. The van der Waals surface area contributed by atoms with E-state index in [1.807, 2.05) is 0 Å². The Morgan fingerprint density at radius 1 is 0.973 bits per heavy atom. The quantitative estimate of drug-likeness (QED) is 0.0499. The van der Waals surface area contributed by atoms with Crippen molar-refractivity contribution in [3.8, 4) is 0 Å². The lowest BCUT2D eigenvalue weighted by Crippen LogP contribution is -2.58. The van der Waals surface area contributed by atoms with E-state index >= 15 is 0 Å². The van der Waals surface area contributed by atoms with Gasteiger partial charge in [0, 0.05) is 24.9 Å². The van der Waals surface area contributed by atoms with Crippen LogP contribution in [-0.4, -0.2) is 93.7 Å². The molecule has 0 saturated heterocycles. The number of imidazole rings is 1. The summed E-state index contributed by atoms with van der Waals surface area (Å²) >= 11 is 0. The number of carboxylic acid groups (broad SMARTS) is 1. The molecule has 37 heavy (non-hydrogen) atoms. The predicted octanol–water partition coefficient (Wildman–Crippen LogP) is -4.01. The number of unbranched alkanes of at least 4 members (excludes halogenated alkanes) is 1. The highest BCUT2D eigenvalue weighted by Gasteiger charge is 2.30. The number of nitrogens with one attached hydrogen (secondary N) is 4. The summed E-state index contributed by atoms with van der Waals surface area (Å²) < 4.78 is 0. The lowest BCUT2D eigenvalue weighted by Gasteiger charge is -2.24. The Hall–Kier alpha value is -3.76. The van der Waals surface area contributed by atoms with Crippen LogP contribution >= 0.6 is 0 Å². The monoisotopic (exact) mass is 526 g/mol. The molecule has 16 nitrogen and oxygen atoms in total. The van der Waals surface area contributed by atoms with E-state index in [-0.39, 0.29) is 38.2 Å². The maximum absolute atomic E-state index is 12.9. The van der Waals surface area contributed by atoms with Crippen molar-refractivity contribution >= 4 is 29.7 Å². The molecule has 4 atom stereocenters. The zero-order chi connectivity index (χ0) is 27.8. The number of aliphatic carboxylic acids is 1. The Labute approximate surface area is 214 Å². The standard InChI is InChI=1S/C21H38N10O6/c22-6-2-1-4-15(20(36)37)30-18(34)14(5-3-7-27-21(24)25)29-19(35)16(10-32)31-17(33)13(23)8-12-9-26-11-28-12/h9,11,13-16,32H,1-8,10,22-23H2,(H,26,28)(H,29,35)(H,30,34)(H,31,33)(H,36,37)(H4,24,25,27). The second kappa shape index (κ2) is 16.8. The number of rotatable bonds is 18. The lowest BCUT2D eigenvalue weighted by atomic mass is 10.1. The molecule has 0 aliphatic heterocycles. The van der Waals surface area contributed by atoms with Gasteiger partial charge >= 0.3 is 5.97 Å². The molecule has 208 valence electrons. The highest BCUT2D eigenvalue weighted by Crippen LogP contribution is 2.05. The number of hydrogen-bond acceptors (Lipinski definition) is 9.